The molecule has 0 atom stereocenters. The van der Waals surface area contributed by atoms with E-state index in [1.807, 2.05) is 12.1 Å². The maximum Gasteiger partial charge on any atom is 0.222 e. The summed E-state index contributed by atoms with van der Waals surface area (Å²) in [5.74, 6) is 0.667. The quantitative estimate of drug-likeness (QED) is 0.684. The number of hydrogen-bond donors (Lipinski definition) is 3. The number of pyridine rings is 1. The highest BCUT2D eigenvalue weighted by atomic mass is 16.1. The standard InChI is InChI=1S/C15H14N6O/c1-9(22)18-10-2-4-11(5-3-10)19-14-12-8-17-7-6-13(12)20-15(16)21-14/h2-8H,1H3,(H,18,22)(H3,16,19,20,21). The third-order valence-electron chi connectivity index (χ3n) is 2.98. The number of fused-ring (bicyclic) bond motifs is 1. The van der Waals surface area contributed by atoms with Crippen LogP contribution in [-0.2, 0) is 4.79 Å². The van der Waals surface area contributed by atoms with Crippen molar-refractivity contribution in [3.63, 3.8) is 0 Å². The number of nitrogens with zero attached hydrogens (tertiary/aromatic N) is 3. The van der Waals surface area contributed by atoms with E-state index in [1.54, 1.807) is 30.6 Å². The second-order valence-corrected chi connectivity index (χ2v) is 4.71. The molecule has 0 unspecified atom stereocenters. The molecular weight excluding hydrogens is 280 g/mol. The van der Waals surface area contributed by atoms with Gasteiger partial charge in [-0.15, -0.1) is 0 Å². The van der Waals surface area contributed by atoms with Crippen LogP contribution in [0.5, 0.6) is 0 Å². The van der Waals surface area contributed by atoms with Crippen LogP contribution in [-0.4, -0.2) is 20.9 Å². The summed E-state index contributed by atoms with van der Waals surface area (Å²) in [7, 11) is 0. The molecule has 3 aromatic rings. The maximum atomic E-state index is 11.0. The van der Waals surface area contributed by atoms with Crippen LogP contribution in [0.3, 0.4) is 0 Å². The molecule has 0 saturated carbocycles. The van der Waals surface area contributed by atoms with Gasteiger partial charge in [-0.2, -0.15) is 4.98 Å². The third-order valence-corrected chi connectivity index (χ3v) is 2.98. The van der Waals surface area contributed by atoms with Crippen molar-refractivity contribution in [2.45, 2.75) is 6.92 Å². The Morgan fingerprint density at radius 2 is 1.82 bits per heavy atom. The molecule has 0 fully saturated rings. The normalized spacial score (nSPS) is 10.4. The van der Waals surface area contributed by atoms with Gasteiger partial charge in [0.05, 0.1) is 10.9 Å². The molecule has 110 valence electrons. The summed E-state index contributed by atoms with van der Waals surface area (Å²) in [5.41, 5.74) is 7.99. The van der Waals surface area contributed by atoms with E-state index in [4.69, 9.17) is 5.73 Å². The van der Waals surface area contributed by atoms with Gasteiger partial charge < -0.3 is 16.4 Å². The molecule has 0 aliphatic rings. The average molecular weight is 294 g/mol. The van der Waals surface area contributed by atoms with Gasteiger partial charge in [0.2, 0.25) is 11.9 Å². The molecule has 1 amide bonds. The third kappa shape index (κ3) is 2.93. The fourth-order valence-electron chi connectivity index (χ4n) is 2.06. The highest BCUT2D eigenvalue weighted by Gasteiger charge is 2.06. The summed E-state index contributed by atoms with van der Waals surface area (Å²) in [4.78, 5) is 23.5. The number of anilines is 4. The molecule has 2 aromatic heterocycles. The molecule has 0 aliphatic heterocycles. The van der Waals surface area contributed by atoms with Crippen molar-refractivity contribution in [2.75, 3.05) is 16.4 Å². The monoisotopic (exact) mass is 294 g/mol. The largest absolute Gasteiger partial charge is 0.368 e. The Balaban J connectivity index is 1.91. The van der Waals surface area contributed by atoms with Crippen molar-refractivity contribution < 1.29 is 4.79 Å². The van der Waals surface area contributed by atoms with Crippen molar-refractivity contribution in [2.24, 2.45) is 0 Å². The average Bonchev–Trinajstić information content (AvgIpc) is 2.48. The van der Waals surface area contributed by atoms with Crippen LogP contribution in [0.1, 0.15) is 6.92 Å². The Morgan fingerprint density at radius 3 is 2.55 bits per heavy atom. The molecule has 2 heterocycles. The van der Waals surface area contributed by atoms with Gasteiger partial charge in [0.1, 0.15) is 5.82 Å². The molecule has 1 aromatic carbocycles. The molecule has 22 heavy (non-hydrogen) atoms. The summed E-state index contributed by atoms with van der Waals surface area (Å²) in [5, 5.41) is 6.68. The molecule has 7 heteroatoms. The number of carbonyl (C=O) groups is 1. The topological polar surface area (TPSA) is 106 Å². The predicted octanol–water partition coefficient (Wildman–Crippen LogP) is 2.31. The Labute approximate surface area is 126 Å². The lowest BCUT2D eigenvalue weighted by atomic mass is 10.2. The fourth-order valence-corrected chi connectivity index (χ4v) is 2.06. The number of hydrogen-bond acceptors (Lipinski definition) is 6. The number of carbonyl (C=O) groups excluding carboxylic acids is 1. The minimum Gasteiger partial charge on any atom is -0.368 e. The zero-order valence-electron chi connectivity index (χ0n) is 11.9. The first-order valence-corrected chi connectivity index (χ1v) is 6.64. The number of aromatic nitrogens is 3. The number of amides is 1. The van der Waals surface area contributed by atoms with Gasteiger partial charge in [-0.25, -0.2) is 4.98 Å². The highest BCUT2D eigenvalue weighted by Crippen LogP contribution is 2.24. The van der Waals surface area contributed by atoms with Gasteiger partial charge in [0.25, 0.3) is 0 Å². The highest BCUT2D eigenvalue weighted by molar-refractivity contribution is 5.91. The van der Waals surface area contributed by atoms with Gasteiger partial charge in [0.15, 0.2) is 0 Å². The minimum atomic E-state index is -0.110. The molecular formula is C15H14N6O. The first kappa shape index (κ1) is 13.7. The Kier molecular flexibility index (Phi) is 3.53. The maximum absolute atomic E-state index is 11.0. The lowest BCUT2D eigenvalue weighted by Gasteiger charge is -2.10. The SMILES string of the molecule is CC(=O)Nc1ccc(Nc2nc(N)nc3ccncc23)cc1. The second-order valence-electron chi connectivity index (χ2n) is 4.71. The van der Waals surface area contributed by atoms with Crippen LogP contribution in [0.25, 0.3) is 10.9 Å². The van der Waals surface area contributed by atoms with Crippen LogP contribution in [0.4, 0.5) is 23.1 Å². The zero-order chi connectivity index (χ0) is 15.5. The Bertz CT molecular complexity index is 831. The zero-order valence-corrected chi connectivity index (χ0v) is 11.9. The van der Waals surface area contributed by atoms with Crippen LogP contribution >= 0.6 is 0 Å². The van der Waals surface area contributed by atoms with Crippen molar-refractivity contribution in [3.8, 4) is 0 Å². The number of rotatable bonds is 3. The van der Waals surface area contributed by atoms with Crippen LogP contribution < -0.4 is 16.4 Å². The van der Waals surface area contributed by atoms with Gasteiger partial charge in [-0.3, -0.25) is 9.78 Å². The van der Waals surface area contributed by atoms with Crippen molar-refractivity contribution in [3.05, 3.63) is 42.7 Å². The number of nitrogen functional groups attached to an aromatic ring is 1. The predicted molar refractivity (Wildman–Crippen MR) is 85.8 cm³/mol. The summed E-state index contributed by atoms with van der Waals surface area (Å²) < 4.78 is 0. The van der Waals surface area contributed by atoms with Gasteiger partial charge in [-0.1, -0.05) is 0 Å². The van der Waals surface area contributed by atoms with E-state index in [9.17, 15) is 4.79 Å². The summed E-state index contributed by atoms with van der Waals surface area (Å²) in [6.45, 7) is 1.47. The van der Waals surface area contributed by atoms with E-state index in [0.29, 0.717) is 5.82 Å². The lowest BCUT2D eigenvalue weighted by Crippen LogP contribution is -2.05. The molecule has 0 radical (unpaired) electrons. The lowest BCUT2D eigenvalue weighted by molar-refractivity contribution is -0.114. The van der Waals surface area contributed by atoms with E-state index in [1.165, 1.54) is 6.92 Å². The number of nitrogens with two attached hydrogens (primary N) is 1. The number of nitrogens with one attached hydrogen (secondary N) is 2. The van der Waals surface area contributed by atoms with Gasteiger partial charge in [0, 0.05) is 30.7 Å². The van der Waals surface area contributed by atoms with E-state index in [2.05, 4.69) is 25.6 Å². The van der Waals surface area contributed by atoms with E-state index in [0.717, 1.165) is 22.3 Å². The van der Waals surface area contributed by atoms with Gasteiger partial charge in [-0.05, 0) is 30.3 Å². The summed E-state index contributed by atoms with van der Waals surface area (Å²) >= 11 is 0. The first-order valence-electron chi connectivity index (χ1n) is 6.64. The Hall–Kier alpha value is -3.22. The molecule has 0 saturated heterocycles. The molecule has 0 spiro atoms. The van der Waals surface area contributed by atoms with E-state index in [-0.39, 0.29) is 11.9 Å². The van der Waals surface area contributed by atoms with Crippen molar-refractivity contribution in [1.29, 1.82) is 0 Å². The van der Waals surface area contributed by atoms with Crippen molar-refractivity contribution >= 4 is 40.0 Å². The minimum absolute atomic E-state index is 0.110. The van der Waals surface area contributed by atoms with E-state index >= 15 is 0 Å². The second kappa shape index (κ2) is 5.65. The first-order chi connectivity index (χ1) is 10.6. The van der Waals surface area contributed by atoms with Crippen LogP contribution in [0.15, 0.2) is 42.7 Å². The van der Waals surface area contributed by atoms with E-state index < -0.39 is 0 Å². The number of benzene rings is 1. The fraction of sp³-hybridized carbons (Fsp3) is 0.0667. The molecule has 7 nitrogen and oxygen atoms in total. The van der Waals surface area contributed by atoms with Gasteiger partial charge >= 0.3 is 0 Å². The Morgan fingerprint density at radius 1 is 1.09 bits per heavy atom. The smallest absolute Gasteiger partial charge is 0.222 e. The molecule has 4 N–H and O–H groups in total. The molecule has 0 bridgehead atoms. The van der Waals surface area contributed by atoms with Crippen LogP contribution in [0, 0.1) is 0 Å². The van der Waals surface area contributed by atoms with Crippen LogP contribution in [0.2, 0.25) is 0 Å². The molecule has 0 aliphatic carbocycles. The summed E-state index contributed by atoms with van der Waals surface area (Å²) in [6, 6.07) is 9.05. The van der Waals surface area contributed by atoms with Crippen molar-refractivity contribution in [1.82, 2.24) is 15.0 Å². The summed E-state index contributed by atoms with van der Waals surface area (Å²) in [6.07, 6.45) is 3.34. The molecule has 3 rings (SSSR count).